The van der Waals surface area contributed by atoms with E-state index in [-0.39, 0.29) is 29.6 Å². The molecule has 1 atom stereocenters. The van der Waals surface area contributed by atoms with E-state index in [0.717, 1.165) is 12.8 Å². The van der Waals surface area contributed by atoms with Crippen LogP contribution in [0.4, 0.5) is 0 Å². The molecule has 2 rings (SSSR count). The van der Waals surface area contributed by atoms with Gasteiger partial charge in [0.2, 0.25) is 0 Å². The van der Waals surface area contributed by atoms with Crippen LogP contribution in [0.3, 0.4) is 0 Å². The van der Waals surface area contributed by atoms with Gasteiger partial charge < -0.3 is 15.1 Å². The first-order valence-corrected chi connectivity index (χ1v) is 7.19. The first-order chi connectivity index (χ1) is 9.95. The van der Waals surface area contributed by atoms with Gasteiger partial charge in [0.05, 0.1) is 11.1 Å². The fourth-order valence-electron chi connectivity index (χ4n) is 2.92. The topological polar surface area (TPSA) is 77.8 Å². The van der Waals surface area contributed by atoms with Gasteiger partial charge in [-0.2, -0.15) is 0 Å². The Morgan fingerprint density at radius 3 is 2.43 bits per heavy atom. The minimum absolute atomic E-state index is 0.0579. The third kappa shape index (κ3) is 3.08. The molecular weight excluding hydrogens is 270 g/mol. The van der Waals surface area contributed by atoms with Crippen LogP contribution in [0.1, 0.15) is 44.7 Å². The number of likely N-dealkylation sites (tertiary alicyclic amines) is 1. The molecule has 0 saturated carbocycles. The van der Waals surface area contributed by atoms with Crippen molar-refractivity contribution in [3.8, 4) is 0 Å². The highest BCUT2D eigenvalue weighted by molar-refractivity contribution is 6.06. The summed E-state index contributed by atoms with van der Waals surface area (Å²) in [7, 11) is 0. The lowest BCUT2D eigenvalue weighted by molar-refractivity contribution is 0.0601. The number of rotatable bonds is 3. The predicted octanol–water partition coefficient (Wildman–Crippen LogP) is 1.85. The molecule has 114 valence electrons. The molecule has 5 heteroatoms. The monoisotopic (exact) mass is 291 g/mol. The van der Waals surface area contributed by atoms with Gasteiger partial charge in [0.25, 0.3) is 5.91 Å². The molecule has 1 amide bonds. The average Bonchev–Trinajstić information content (AvgIpc) is 2.48. The summed E-state index contributed by atoms with van der Waals surface area (Å²) >= 11 is 0. The van der Waals surface area contributed by atoms with Crippen LogP contribution in [0.2, 0.25) is 0 Å². The van der Waals surface area contributed by atoms with E-state index in [9.17, 15) is 19.8 Å². The van der Waals surface area contributed by atoms with Gasteiger partial charge >= 0.3 is 5.97 Å². The SMILES string of the molecule is Cc1ccc(C)c(C(=O)N2CCCC(CO)C2)c1C(=O)O. The Bertz CT molecular complexity index is 568. The molecule has 21 heavy (non-hydrogen) atoms. The highest BCUT2D eigenvalue weighted by Crippen LogP contribution is 2.24. The smallest absolute Gasteiger partial charge is 0.336 e. The minimum Gasteiger partial charge on any atom is -0.478 e. The Kier molecular flexibility index (Phi) is 4.63. The van der Waals surface area contributed by atoms with Gasteiger partial charge in [-0.1, -0.05) is 12.1 Å². The van der Waals surface area contributed by atoms with Crippen molar-refractivity contribution in [2.24, 2.45) is 5.92 Å². The number of hydrogen-bond donors (Lipinski definition) is 2. The van der Waals surface area contributed by atoms with Crippen molar-refractivity contribution >= 4 is 11.9 Å². The maximum Gasteiger partial charge on any atom is 0.336 e. The lowest BCUT2D eigenvalue weighted by Gasteiger charge is -2.32. The summed E-state index contributed by atoms with van der Waals surface area (Å²) in [5.41, 5.74) is 1.63. The zero-order chi connectivity index (χ0) is 15.6. The Morgan fingerprint density at radius 1 is 1.24 bits per heavy atom. The quantitative estimate of drug-likeness (QED) is 0.891. The van der Waals surface area contributed by atoms with Crippen molar-refractivity contribution in [3.05, 3.63) is 34.4 Å². The number of carboxylic acid groups (broad SMARTS) is 1. The Morgan fingerprint density at radius 2 is 1.86 bits per heavy atom. The molecule has 0 bridgehead atoms. The van der Waals surface area contributed by atoms with Gasteiger partial charge in [-0.15, -0.1) is 0 Å². The number of aromatic carboxylic acids is 1. The van der Waals surface area contributed by atoms with Crippen molar-refractivity contribution < 1.29 is 19.8 Å². The van der Waals surface area contributed by atoms with Crippen LogP contribution in [-0.2, 0) is 0 Å². The van der Waals surface area contributed by atoms with Crippen LogP contribution in [0.25, 0.3) is 0 Å². The molecular formula is C16H21NO4. The lowest BCUT2D eigenvalue weighted by Crippen LogP contribution is -2.41. The van der Waals surface area contributed by atoms with E-state index in [1.807, 2.05) is 0 Å². The molecule has 0 aromatic heterocycles. The van der Waals surface area contributed by atoms with E-state index in [1.54, 1.807) is 30.9 Å². The second-order valence-electron chi connectivity index (χ2n) is 5.70. The van der Waals surface area contributed by atoms with E-state index >= 15 is 0 Å². The number of aliphatic hydroxyl groups excluding tert-OH is 1. The molecule has 1 aromatic rings. The second-order valence-corrected chi connectivity index (χ2v) is 5.70. The third-order valence-corrected chi connectivity index (χ3v) is 4.11. The van der Waals surface area contributed by atoms with E-state index in [1.165, 1.54) is 0 Å². The summed E-state index contributed by atoms with van der Waals surface area (Å²) in [5.74, 6) is -1.23. The second kappa shape index (κ2) is 6.26. The lowest BCUT2D eigenvalue weighted by atomic mass is 9.94. The van der Waals surface area contributed by atoms with Gasteiger partial charge in [0, 0.05) is 19.7 Å². The summed E-state index contributed by atoms with van der Waals surface area (Å²) in [5, 5.41) is 18.7. The average molecular weight is 291 g/mol. The molecule has 0 spiro atoms. The van der Waals surface area contributed by atoms with E-state index in [0.29, 0.717) is 24.2 Å². The fraction of sp³-hybridized carbons (Fsp3) is 0.500. The Balaban J connectivity index is 2.39. The molecule has 1 saturated heterocycles. The van der Waals surface area contributed by atoms with E-state index < -0.39 is 5.97 Å². The Hall–Kier alpha value is -1.88. The molecule has 1 aliphatic rings. The zero-order valence-electron chi connectivity index (χ0n) is 12.4. The number of carboxylic acids is 1. The van der Waals surface area contributed by atoms with Crippen molar-refractivity contribution in [1.82, 2.24) is 4.90 Å². The number of piperidine rings is 1. The molecule has 1 fully saturated rings. The van der Waals surface area contributed by atoms with Gasteiger partial charge in [-0.3, -0.25) is 4.79 Å². The number of carbonyl (C=O) groups excluding carboxylic acids is 1. The molecule has 1 unspecified atom stereocenters. The molecule has 1 heterocycles. The molecule has 1 aliphatic heterocycles. The third-order valence-electron chi connectivity index (χ3n) is 4.11. The molecule has 2 N–H and O–H groups in total. The first-order valence-electron chi connectivity index (χ1n) is 7.19. The van der Waals surface area contributed by atoms with Gasteiger partial charge in [0.1, 0.15) is 0 Å². The van der Waals surface area contributed by atoms with Gasteiger partial charge in [-0.05, 0) is 43.7 Å². The van der Waals surface area contributed by atoms with Crippen molar-refractivity contribution in [1.29, 1.82) is 0 Å². The summed E-state index contributed by atoms with van der Waals surface area (Å²) in [4.78, 5) is 25.9. The number of benzene rings is 1. The standard InChI is InChI=1S/C16H21NO4/c1-10-5-6-11(2)14(16(20)21)13(10)15(19)17-7-3-4-12(8-17)9-18/h5-6,12,18H,3-4,7-9H2,1-2H3,(H,20,21). The molecule has 5 nitrogen and oxygen atoms in total. The number of hydrogen-bond acceptors (Lipinski definition) is 3. The van der Waals surface area contributed by atoms with Crippen LogP contribution < -0.4 is 0 Å². The molecule has 1 aromatic carbocycles. The predicted molar refractivity (Wildman–Crippen MR) is 78.6 cm³/mol. The number of aryl methyl sites for hydroxylation is 2. The van der Waals surface area contributed by atoms with E-state index in [2.05, 4.69) is 0 Å². The van der Waals surface area contributed by atoms with Crippen molar-refractivity contribution in [3.63, 3.8) is 0 Å². The summed E-state index contributed by atoms with van der Waals surface area (Å²) in [6.45, 7) is 4.62. The highest BCUT2D eigenvalue weighted by atomic mass is 16.4. The largest absolute Gasteiger partial charge is 0.478 e. The van der Waals surface area contributed by atoms with Crippen LogP contribution in [-0.4, -0.2) is 46.7 Å². The van der Waals surface area contributed by atoms with Crippen LogP contribution in [0.15, 0.2) is 12.1 Å². The maximum absolute atomic E-state index is 12.7. The normalized spacial score (nSPS) is 18.6. The number of nitrogens with zero attached hydrogens (tertiary/aromatic N) is 1. The number of aliphatic hydroxyl groups is 1. The number of carbonyl (C=O) groups is 2. The summed E-state index contributed by atoms with van der Waals surface area (Å²) < 4.78 is 0. The van der Waals surface area contributed by atoms with Crippen LogP contribution in [0.5, 0.6) is 0 Å². The van der Waals surface area contributed by atoms with Crippen LogP contribution >= 0.6 is 0 Å². The van der Waals surface area contributed by atoms with Gasteiger partial charge in [0.15, 0.2) is 0 Å². The fourth-order valence-corrected chi connectivity index (χ4v) is 2.92. The maximum atomic E-state index is 12.7. The van der Waals surface area contributed by atoms with Crippen molar-refractivity contribution in [2.45, 2.75) is 26.7 Å². The van der Waals surface area contributed by atoms with Crippen LogP contribution in [0, 0.1) is 19.8 Å². The van der Waals surface area contributed by atoms with E-state index in [4.69, 9.17) is 0 Å². The highest BCUT2D eigenvalue weighted by Gasteiger charge is 2.28. The zero-order valence-corrected chi connectivity index (χ0v) is 12.4. The number of amides is 1. The Labute approximate surface area is 124 Å². The first kappa shape index (κ1) is 15.5. The minimum atomic E-state index is -1.07. The molecule has 0 aliphatic carbocycles. The van der Waals surface area contributed by atoms with Gasteiger partial charge in [-0.25, -0.2) is 4.79 Å². The summed E-state index contributed by atoms with van der Waals surface area (Å²) in [6, 6.07) is 3.50. The van der Waals surface area contributed by atoms with Crippen molar-refractivity contribution in [2.75, 3.05) is 19.7 Å². The summed E-state index contributed by atoms with van der Waals surface area (Å²) in [6.07, 6.45) is 1.74. The molecule has 0 radical (unpaired) electrons.